The van der Waals surface area contributed by atoms with Crippen LogP contribution in [0.3, 0.4) is 0 Å². The summed E-state index contributed by atoms with van der Waals surface area (Å²) in [5.41, 5.74) is 2.60. The Bertz CT molecular complexity index is 1240. The smallest absolute Gasteiger partial charge is 0.258 e. The number of nitrogens with one attached hydrogen (secondary N) is 1. The van der Waals surface area contributed by atoms with E-state index in [0.717, 1.165) is 28.4 Å². The van der Waals surface area contributed by atoms with Crippen molar-refractivity contribution < 1.29 is 14.4 Å². The van der Waals surface area contributed by atoms with Crippen LogP contribution in [0, 0.1) is 0 Å². The summed E-state index contributed by atoms with van der Waals surface area (Å²) < 4.78 is 0. The lowest BCUT2D eigenvalue weighted by molar-refractivity contribution is -0.141. The van der Waals surface area contributed by atoms with Crippen LogP contribution in [0.4, 0.5) is 5.69 Å². The number of anilines is 1. The standard InChI is InChI=1S/C30H35N3O3/c1-4-21(3)31-29(35)25(5-2)33(20-22-12-7-6-8-13-22)27(34)18-11-19-32-26-17-10-15-23-14-9-16-24(28(23)26)30(32)36/h6-10,12-17,21,25H,4-5,11,18-20H2,1-3H3,(H,31,35)/t21-,25+/m1/s1. The second kappa shape index (κ2) is 11.4. The Morgan fingerprint density at radius 3 is 2.36 bits per heavy atom. The van der Waals surface area contributed by atoms with E-state index < -0.39 is 6.04 Å². The number of hydrogen-bond acceptors (Lipinski definition) is 3. The van der Waals surface area contributed by atoms with Gasteiger partial charge in [-0.3, -0.25) is 14.4 Å². The van der Waals surface area contributed by atoms with E-state index in [4.69, 9.17) is 0 Å². The Balaban J connectivity index is 1.47. The van der Waals surface area contributed by atoms with Crippen LogP contribution in [-0.4, -0.2) is 41.2 Å². The Hall–Kier alpha value is -3.67. The predicted molar refractivity (Wildman–Crippen MR) is 144 cm³/mol. The third-order valence-corrected chi connectivity index (χ3v) is 7.00. The van der Waals surface area contributed by atoms with Crippen molar-refractivity contribution in [3.63, 3.8) is 0 Å². The first-order valence-electron chi connectivity index (χ1n) is 12.9. The molecule has 1 aliphatic heterocycles. The molecule has 1 N–H and O–H groups in total. The van der Waals surface area contributed by atoms with E-state index in [-0.39, 0.29) is 30.2 Å². The van der Waals surface area contributed by atoms with Crippen molar-refractivity contribution in [2.75, 3.05) is 11.4 Å². The molecule has 0 saturated carbocycles. The third kappa shape index (κ3) is 5.27. The Morgan fingerprint density at radius 1 is 0.944 bits per heavy atom. The number of amides is 3. The fraction of sp³-hybridized carbons (Fsp3) is 0.367. The van der Waals surface area contributed by atoms with Gasteiger partial charge in [-0.1, -0.05) is 68.4 Å². The van der Waals surface area contributed by atoms with Crippen LogP contribution in [0.25, 0.3) is 10.8 Å². The maximum absolute atomic E-state index is 13.5. The molecule has 2 atom stereocenters. The molecule has 0 fully saturated rings. The molecule has 3 aromatic rings. The molecule has 0 spiro atoms. The van der Waals surface area contributed by atoms with E-state index >= 15 is 0 Å². The lowest BCUT2D eigenvalue weighted by Crippen LogP contribution is -2.50. The normalized spacial score (nSPS) is 14.1. The summed E-state index contributed by atoms with van der Waals surface area (Å²) >= 11 is 0. The average Bonchev–Trinajstić information content (AvgIpc) is 3.17. The number of hydrogen-bond donors (Lipinski definition) is 1. The van der Waals surface area contributed by atoms with Crippen molar-refractivity contribution in [3.8, 4) is 0 Å². The summed E-state index contributed by atoms with van der Waals surface area (Å²) in [7, 11) is 0. The van der Waals surface area contributed by atoms with Crippen LogP contribution in [-0.2, 0) is 16.1 Å². The average molecular weight is 486 g/mol. The summed E-state index contributed by atoms with van der Waals surface area (Å²) in [5, 5.41) is 5.07. The van der Waals surface area contributed by atoms with E-state index in [1.807, 2.05) is 87.5 Å². The van der Waals surface area contributed by atoms with Crippen molar-refractivity contribution >= 4 is 34.2 Å². The Kier molecular flexibility index (Phi) is 8.04. The summed E-state index contributed by atoms with van der Waals surface area (Å²) in [4.78, 5) is 43.2. The second-order valence-corrected chi connectivity index (χ2v) is 9.49. The zero-order valence-electron chi connectivity index (χ0n) is 21.4. The molecule has 188 valence electrons. The van der Waals surface area contributed by atoms with Gasteiger partial charge in [0.25, 0.3) is 5.91 Å². The summed E-state index contributed by atoms with van der Waals surface area (Å²) in [6.45, 7) is 6.76. The van der Waals surface area contributed by atoms with Crippen molar-refractivity contribution in [1.29, 1.82) is 0 Å². The molecular weight excluding hydrogens is 450 g/mol. The van der Waals surface area contributed by atoms with Gasteiger partial charge in [0, 0.05) is 36.5 Å². The number of rotatable bonds is 11. The first-order chi connectivity index (χ1) is 17.4. The van der Waals surface area contributed by atoms with E-state index in [9.17, 15) is 14.4 Å². The molecule has 0 unspecified atom stereocenters. The van der Waals surface area contributed by atoms with E-state index in [2.05, 4.69) is 5.32 Å². The van der Waals surface area contributed by atoms with Gasteiger partial charge in [0.15, 0.2) is 0 Å². The molecule has 0 aliphatic carbocycles. The molecule has 6 heteroatoms. The highest BCUT2D eigenvalue weighted by atomic mass is 16.2. The van der Waals surface area contributed by atoms with Gasteiger partial charge in [0.1, 0.15) is 6.04 Å². The summed E-state index contributed by atoms with van der Waals surface area (Å²) in [5.74, 6) is -0.213. The minimum absolute atomic E-state index is 0.0187. The molecule has 0 radical (unpaired) electrons. The Labute approximate surface area is 213 Å². The molecule has 0 bridgehead atoms. The van der Waals surface area contributed by atoms with Crippen LogP contribution >= 0.6 is 0 Å². The molecule has 0 saturated heterocycles. The zero-order chi connectivity index (χ0) is 25.7. The minimum atomic E-state index is -0.543. The number of nitrogens with zero attached hydrogens (tertiary/aromatic N) is 2. The van der Waals surface area contributed by atoms with Crippen LogP contribution in [0.15, 0.2) is 66.7 Å². The maximum Gasteiger partial charge on any atom is 0.258 e. The van der Waals surface area contributed by atoms with Crippen LogP contribution in [0.5, 0.6) is 0 Å². The molecular formula is C30H35N3O3. The van der Waals surface area contributed by atoms with E-state index in [1.54, 1.807) is 9.80 Å². The van der Waals surface area contributed by atoms with E-state index in [1.165, 1.54) is 0 Å². The summed E-state index contributed by atoms with van der Waals surface area (Å²) in [6, 6.07) is 21.0. The monoisotopic (exact) mass is 485 g/mol. The van der Waals surface area contributed by atoms with Crippen molar-refractivity contribution in [2.24, 2.45) is 0 Å². The molecule has 3 amide bonds. The first kappa shape index (κ1) is 25.4. The fourth-order valence-corrected chi connectivity index (χ4v) is 4.87. The van der Waals surface area contributed by atoms with Crippen molar-refractivity contribution in [3.05, 3.63) is 77.9 Å². The highest BCUT2D eigenvalue weighted by molar-refractivity contribution is 6.25. The topological polar surface area (TPSA) is 69.7 Å². The molecule has 1 heterocycles. The van der Waals surface area contributed by atoms with Gasteiger partial charge in [-0.05, 0) is 49.3 Å². The van der Waals surface area contributed by atoms with Gasteiger partial charge in [0.05, 0.1) is 5.69 Å². The zero-order valence-corrected chi connectivity index (χ0v) is 21.4. The largest absolute Gasteiger partial charge is 0.352 e. The molecule has 6 nitrogen and oxygen atoms in total. The minimum Gasteiger partial charge on any atom is -0.352 e. The molecule has 4 rings (SSSR count). The van der Waals surface area contributed by atoms with Gasteiger partial charge < -0.3 is 15.1 Å². The molecule has 3 aromatic carbocycles. The quantitative estimate of drug-likeness (QED) is 0.401. The second-order valence-electron chi connectivity index (χ2n) is 9.49. The number of carbonyl (C=O) groups excluding carboxylic acids is 3. The molecule has 36 heavy (non-hydrogen) atoms. The van der Waals surface area contributed by atoms with Crippen LogP contribution in [0.2, 0.25) is 0 Å². The van der Waals surface area contributed by atoms with Gasteiger partial charge in [0.2, 0.25) is 11.8 Å². The van der Waals surface area contributed by atoms with E-state index in [0.29, 0.717) is 31.5 Å². The molecule has 1 aliphatic rings. The number of benzene rings is 3. The van der Waals surface area contributed by atoms with Gasteiger partial charge >= 0.3 is 0 Å². The summed E-state index contributed by atoms with van der Waals surface area (Å²) in [6.07, 6.45) is 2.14. The van der Waals surface area contributed by atoms with Gasteiger partial charge in [-0.15, -0.1) is 0 Å². The maximum atomic E-state index is 13.5. The van der Waals surface area contributed by atoms with Crippen LogP contribution in [0.1, 0.15) is 62.4 Å². The number of carbonyl (C=O) groups is 3. The highest BCUT2D eigenvalue weighted by Crippen LogP contribution is 2.37. The Morgan fingerprint density at radius 2 is 1.67 bits per heavy atom. The van der Waals surface area contributed by atoms with Crippen molar-refractivity contribution in [2.45, 2.75) is 65.1 Å². The van der Waals surface area contributed by atoms with Crippen molar-refractivity contribution in [1.82, 2.24) is 10.2 Å². The third-order valence-electron chi connectivity index (χ3n) is 7.00. The van der Waals surface area contributed by atoms with Gasteiger partial charge in [-0.2, -0.15) is 0 Å². The van der Waals surface area contributed by atoms with Crippen LogP contribution < -0.4 is 10.2 Å². The first-order valence-corrected chi connectivity index (χ1v) is 12.9. The lowest BCUT2D eigenvalue weighted by Gasteiger charge is -2.31. The molecule has 0 aromatic heterocycles. The lowest BCUT2D eigenvalue weighted by atomic mass is 10.1. The SMILES string of the molecule is CC[C@@H](C)NC(=O)[C@H](CC)N(Cc1ccccc1)C(=O)CCCN1C(=O)c2cccc3cccc1c23. The predicted octanol–water partition coefficient (Wildman–Crippen LogP) is 5.30. The van der Waals surface area contributed by atoms with Gasteiger partial charge in [-0.25, -0.2) is 0 Å². The fourth-order valence-electron chi connectivity index (χ4n) is 4.87. The highest BCUT2D eigenvalue weighted by Gasteiger charge is 2.31.